The zero-order chi connectivity index (χ0) is 25.4. The number of carbonyl (C=O) groups is 2. The molecule has 1 aliphatic heterocycles. The first kappa shape index (κ1) is 23.6. The van der Waals surface area contributed by atoms with Gasteiger partial charge in [-0.05, 0) is 31.2 Å². The van der Waals surface area contributed by atoms with Gasteiger partial charge in [0.05, 0.1) is 35.9 Å². The van der Waals surface area contributed by atoms with Crippen molar-refractivity contribution in [3.63, 3.8) is 0 Å². The summed E-state index contributed by atoms with van der Waals surface area (Å²) >= 11 is 3.54. The van der Waals surface area contributed by atoms with E-state index in [1.807, 2.05) is 42.5 Å². The van der Waals surface area contributed by atoms with Crippen LogP contribution in [0.1, 0.15) is 45.5 Å². The molecule has 0 amide bonds. The fourth-order valence-electron chi connectivity index (χ4n) is 4.81. The molecule has 1 N–H and O–H groups in total. The number of hydrogen-bond acceptors (Lipinski definition) is 6. The van der Waals surface area contributed by atoms with E-state index in [0.717, 1.165) is 15.6 Å². The van der Waals surface area contributed by atoms with Crippen LogP contribution >= 0.6 is 15.9 Å². The van der Waals surface area contributed by atoms with Crippen molar-refractivity contribution < 1.29 is 19.1 Å². The Balaban J connectivity index is 1.66. The molecule has 0 spiro atoms. The summed E-state index contributed by atoms with van der Waals surface area (Å²) in [6.45, 7) is 1.95. The maximum absolute atomic E-state index is 13.7. The van der Waals surface area contributed by atoms with E-state index >= 15 is 0 Å². The van der Waals surface area contributed by atoms with Crippen molar-refractivity contribution in [1.29, 1.82) is 5.26 Å². The molecule has 5 rings (SSSR count). The van der Waals surface area contributed by atoms with E-state index < -0.39 is 11.9 Å². The lowest BCUT2D eigenvalue weighted by Crippen LogP contribution is -2.29. The highest BCUT2D eigenvalue weighted by Crippen LogP contribution is 2.49. The van der Waals surface area contributed by atoms with Gasteiger partial charge < -0.3 is 14.8 Å². The van der Waals surface area contributed by atoms with E-state index in [1.165, 1.54) is 7.11 Å². The van der Waals surface area contributed by atoms with Crippen LogP contribution in [-0.4, -0.2) is 18.9 Å². The third kappa shape index (κ3) is 3.90. The molecule has 0 bridgehead atoms. The highest BCUT2D eigenvalue weighted by molar-refractivity contribution is 9.10. The van der Waals surface area contributed by atoms with E-state index in [0.29, 0.717) is 45.0 Å². The van der Waals surface area contributed by atoms with Crippen LogP contribution in [0.4, 0.5) is 0 Å². The zero-order valence-corrected chi connectivity index (χ0v) is 21.2. The van der Waals surface area contributed by atoms with Gasteiger partial charge in [-0.3, -0.25) is 4.79 Å². The van der Waals surface area contributed by atoms with Crippen molar-refractivity contribution in [2.75, 3.05) is 7.11 Å². The van der Waals surface area contributed by atoms with Crippen LogP contribution in [-0.2, 0) is 16.1 Å². The molecular formula is C29H21BrN2O4. The number of fused-ring (bicyclic) bond motifs is 2. The number of rotatable bonds is 5. The summed E-state index contributed by atoms with van der Waals surface area (Å²) < 4.78 is 12.1. The molecule has 1 heterocycles. The van der Waals surface area contributed by atoms with Crippen LogP contribution in [0.2, 0.25) is 0 Å². The van der Waals surface area contributed by atoms with E-state index in [1.54, 1.807) is 31.2 Å². The Morgan fingerprint density at radius 2 is 1.81 bits per heavy atom. The lowest BCUT2D eigenvalue weighted by Gasteiger charge is -2.30. The van der Waals surface area contributed by atoms with Crippen molar-refractivity contribution in [2.24, 2.45) is 0 Å². The molecule has 0 aromatic heterocycles. The molecule has 2 aliphatic rings. The standard InChI is InChI=1S/C29H21BrN2O4/c1-16-24(29(34)35-2)25(26-27(32-16)20-9-5-6-10-21(20)28(26)33)22-13-19(30)11-12-23(22)36-15-18-8-4-3-7-17(18)14-31/h3-13,25,32H,15H2,1-2H3/t25-/m0/s1. The second-order valence-electron chi connectivity index (χ2n) is 8.49. The van der Waals surface area contributed by atoms with Crippen molar-refractivity contribution >= 4 is 33.4 Å². The van der Waals surface area contributed by atoms with Crippen molar-refractivity contribution in [3.8, 4) is 11.8 Å². The predicted molar refractivity (Wildman–Crippen MR) is 138 cm³/mol. The average Bonchev–Trinajstić information content (AvgIpc) is 3.18. The number of esters is 1. The number of Topliss-reactive ketones (excluding diaryl/α,β-unsaturated/α-hetero) is 1. The first-order valence-electron chi connectivity index (χ1n) is 11.3. The monoisotopic (exact) mass is 540 g/mol. The molecule has 178 valence electrons. The summed E-state index contributed by atoms with van der Waals surface area (Å²) in [4.78, 5) is 26.7. The highest BCUT2D eigenvalue weighted by atomic mass is 79.9. The van der Waals surface area contributed by atoms with Gasteiger partial charge >= 0.3 is 5.97 Å². The zero-order valence-electron chi connectivity index (χ0n) is 19.6. The van der Waals surface area contributed by atoms with Gasteiger partial charge in [-0.2, -0.15) is 5.26 Å². The Morgan fingerprint density at radius 1 is 1.08 bits per heavy atom. The second-order valence-corrected chi connectivity index (χ2v) is 9.41. The lowest BCUT2D eigenvalue weighted by molar-refractivity contribution is -0.136. The first-order valence-corrected chi connectivity index (χ1v) is 12.1. The minimum absolute atomic E-state index is 0.146. The summed E-state index contributed by atoms with van der Waals surface area (Å²) in [5, 5.41) is 12.7. The van der Waals surface area contributed by atoms with Crippen LogP contribution in [0.15, 0.2) is 88.0 Å². The van der Waals surface area contributed by atoms with E-state index in [9.17, 15) is 14.9 Å². The number of hydrogen-bond donors (Lipinski definition) is 1. The highest BCUT2D eigenvalue weighted by Gasteiger charge is 2.43. The maximum atomic E-state index is 13.7. The number of nitrogens with zero attached hydrogens (tertiary/aromatic N) is 1. The number of carbonyl (C=O) groups excluding carboxylic acids is 2. The number of nitriles is 1. The summed E-state index contributed by atoms with van der Waals surface area (Å²) in [5.41, 5.74) is 5.40. The minimum atomic E-state index is -0.715. The molecule has 0 fully saturated rings. The van der Waals surface area contributed by atoms with E-state index in [2.05, 4.69) is 27.3 Å². The third-order valence-electron chi connectivity index (χ3n) is 6.46. The van der Waals surface area contributed by atoms with Gasteiger partial charge in [0.1, 0.15) is 12.4 Å². The number of nitrogens with one attached hydrogen (secondary N) is 1. The molecule has 36 heavy (non-hydrogen) atoms. The second kappa shape index (κ2) is 9.48. The fourth-order valence-corrected chi connectivity index (χ4v) is 5.19. The van der Waals surface area contributed by atoms with Crippen LogP contribution in [0, 0.1) is 11.3 Å². The smallest absolute Gasteiger partial charge is 0.336 e. The summed E-state index contributed by atoms with van der Waals surface area (Å²) in [5.74, 6) is -0.885. The van der Waals surface area contributed by atoms with Gasteiger partial charge in [0.25, 0.3) is 0 Å². The van der Waals surface area contributed by atoms with Crippen LogP contribution in [0.25, 0.3) is 5.70 Å². The van der Waals surface area contributed by atoms with Crippen LogP contribution in [0.3, 0.4) is 0 Å². The SMILES string of the molecule is COC(=O)C1=C(C)NC2=C(C(=O)c3ccccc32)[C@H]1c1cc(Br)ccc1OCc1ccccc1C#N. The summed E-state index contributed by atoms with van der Waals surface area (Å²) in [6, 6.07) is 22.3. The van der Waals surface area contributed by atoms with Gasteiger partial charge in [-0.15, -0.1) is 0 Å². The molecule has 0 radical (unpaired) electrons. The van der Waals surface area contributed by atoms with Gasteiger partial charge in [-0.1, -0.05) is 58.4 Å². The largest absolute Gasteiger partial charge is 0.489 e. The molecule has 7 heteroatoms. The number of methoxy groups -OCH3 is 1. The van der Waals surface area contributed by atoms with Crippen LogP contribution < -0.4 is 10.1 Å². The van der Waals surface area contributed by atoms with Crippen molar-refractivity contribution in [2.45, 2.75) is 19.4 Å². The topological polar surface area (TPSA) is 88.4 Å². The van der Waals surface area contributed by atoms with Crippen LogP contribution in [0.5, 0.6) is 5.75 Å². The number of benzene rings is 3. The van der Waals surface area contributed by atoms with Gasteiger partial charge in [0, 0.05) is 38.0 Å². The lowest BCUT2D eigenvalue weighted by atomic mass is 9.79. The average molecular weight is 541 g/mol. The quantitative estimate of drug-likeness (QED) is 0.421. The third-order valence-corrected chi connectivity index (χ3v) is 6.95. The number of dihydropyridines is 1. The Labute approximate surface area is 217 Å². The van der Waals surface area contributed by atoms with E-state index in [-0.39, 0.29) is 12.4 Å². The Hall–Kier alpha value is -4.15. The molecule has 0 saturated heterocycles. The Bertz CT molecular complexity index is 1530. The molecule has 0 saturated carbocycles. The first-order chi connectivity index (χ1) is 17.4. The van der Waals surface area contributed by atoms with Gasteiger partial charge in [0.15, 0.2) is 5.78 Å². The fraction of sp³-hybridized carbons (Fsp3) is 0.138. The molecule has 3 aromatic rings. The summed E-state index contributed by atoms with van der Waals surface area (Å²) in [6.07, 6.45) is 0. The minimum Gasteiger partial charge on any atom is -0.489 e. The molecular weight excluding hydrogens is 520 g/mol. The maximum Gasteiger partial charge on any atom is 0.336 e. The number of ether oxygens (including phenoxy) is 2. The van der Waals surface area contributed by atoms with Gasteiger partial charge in [0.2, 0.25) is 0 Å². The normalized spacial score (nSPS) is 16.2. The molecule has 0 unspecified atom stereocenters. The molecule has 3 aromatic carbocycles. The Morgan fingerprint density at radius 3 is 2.56 bits per heavy atom. The van der Waals surface area contributed by atoms with E-state index in [4.69, 9.17) is 9.47 Å². The summed E-state index contributed by atoms with van der Waals surface area (Å²) in [7, 11) is 1.33. The molecule has 6 nitrogen and oxygen atoms in total. The van der Waals surface area contributed by atoms with Gasteiger partial charge in [-0.25, -0.2) is 4.79 Å². The molecule has 1 atom stereocenters. The Kier molecular flexibility index (Phi) is 6.21. The number of ketones is 1. The van der Waals surface area contributed by atoms with Crippen molar-refractivity contribution in [3.05, 3.63) is 116 Å². The van der Waals surface area contributed by atoms with Crippen molar-refractivity contribution in [1.82, 2.24) is 5.32 Å². The molecule has 1 aliphatic carbocycles. The number of halogens is 1. The number of allylic oxidation sites excluding steroid dienone is 2. The predicted octanol–water partition coefficient (Wildman–Crippen LogP) is 5.64.